The molecule has 4 amide bonds. The number of carbonyl (C=O) groups is 4. The molecule has 31 heavy (non-hydrogen) atoms. The minimum atomic E-state index is -1.18. The molecule has 4 rings (SSSR count). The summed E-state index contributed by atoms with van der Waals surface area (Å²) in [5.41, 5.74) is -0.153. The third kappa shape index (κ3) is 4.89. The summed E-state index contributed by atoms with van der Waals surface area (Å²) in [5.74, 6) is -1.30. The van der Waals surface area contributed by atoms with Gasteiger partial charge in [-0.2, -0.15) is 0 Å². The third-order valence-corrected chi connectivity index (χ3v) is 7.45. The number of nitrogens with zero attached hydrogens (tertiary/aromatic N) is 2. The van der Waals surface area contributed by atoms with Crippen LogP contribution < -0.4 is 10.6 Å². The second kappa shape index (κ2) is 9.33. The highest BCUT2D eigenvalue weighted by Gasteiger charge is 2.46. The van der Waals surface area contributed by atoms with Crippen molar-refractivity contribution in [1.29, 1.82) is 0 Å². The maximum Gasteiger partial charge on any atom is 0.355 e. The van der Waals surface area contributed by atoms with Crippen LogP contribution in [0, 0.1) is 11.8 Å². The number of rotatable bonds is 8. The zero-order valence-corrected chi connectivity index (χ0v) is 18.2. The number of carboxylic acids is 1. The number of amides is 4. The Balaban J connectivity index is 1.50. The molecule has 0 bridgehead atoms. The van der Waals surface area contributed by atoms with Crippen molar-refractivity contribution in [2.75, 3.05) is 5.32 Å². The molecule has 1 saturated heterocycles. The van der Waals surface area contributed by atoms with Gasteiger partial charge in [0.15, 0.2) is 10.8 Å². The van der Waals surface area contributed by atoms with Crippen molar-refractivity contribution in [3.63, 3.8) is 0 Å². The van der Waals surface area contributed by atoms with E-state index < -0.39 is 30.0 Å². The first-order valence-corrected chi connectivity index (χ1v) is 11.9. The standard InChI is InChI=1S/C21H28N4O5S/c26-17(24-20-22-15(11-31-20)19(28)29)16(10-13-7-3-4-8-13)25-18(27)14(23-21(25)30)9-12-5-1-2-6-12/h11-14,16H,1-10H2,(H,23,30)(H,28,29)(H,22,24,26)/t14-,16-/m0/s1. The number of hydrogen-bond donors (Lipinski definition) is 3. The molecule has 3 aliphatic rings. The molecule has 2 heterocycles. The van der Waals surface area contributed by atoms with Gasteiger partial charge in [0.2, 0.25) is 5.91 Å². The number of carbonyl (C=O) groups excluding carboxylic acids is 3. The van der Waals surface area contributed by atoms with Crippen LogP contribution in [0.5, 0.6) is 0 Å². The van der Waals surface area contributed by atoms with E-state index in [-0.39, 0.29) is 22.7 Å². The third-order valence-electron chi connectivity index (χ3n) is 6.69. The average Bonchev–Trinajstić information content (AvgIpc) is 3.51. The minimum Gasteiger partial charge on any atom is -0.476 e. The monoisotopic (exact) mass is 448 g/mol. The van der Waals surface area contributed by atoms with Crippen molar-refractivity contribution in [2.24, 2.45) is 11.8 Å². The SMILES string of the molecule is O=C(O)c1csc(NC(=O)[C@H](CC2CCCC2)N2C(=O)N[C@@H](CC3CCCC3)C2=O)n1. The van der Waals surface area contributed by atoms with Gasteiger partial charge < -0.3 is 15.7 Å². The fourth-order valence-electron chi connectivity index (χ4n) is 5.09. The van der Waals surface area contributed by atoms with E-state index in [1.165, 1.54) is 5.38 Å². The Morgan fingerprint density at radius 1 is 1.16 bits per heavy atom. The lowest BCUT2D eigenvalue weighted by Gasteiger charge is -2.26. The summed E-state index contributed by atoms with van der Waals surface area (Å²) in [6, 6.07) is -2.02. The Labute approximate surface area is 184 Å². The first-order valence-electron chi connectivity index (χ1n) is 11.1. The van der Waals surface area contributed by atoms with Crippen molar-refractivity contribution < 1.29 is 24.3 Å². The topological polar surface area (TPSA) is 129 Å². The Morgan fingerprint density at radius 3 is 2.42 bits per heavy atom. The van der Waals surface area contributed by atoms with Crippen molar-refractivity contribution >= 4 is 40.3 Å². The van der Waals surface area contributed by atoms with E-state index in [0.29, 0.717) is 18.8 Å². The van der Waals surface area contributed by atoms with E-state index in [0.717, 1.165) is 67.6 Å². The lowest BCUT2D eigenvalue weighted by atomic mass is 9.95. The summed E-state index contributed by atoms with van der Waals surface area (Å²) < 4.78 is 0. The molecule has 10 heteroatoms. The molecule has 2 atom stereocenters. The van der Waals surface area contributed by atoms with E-state index in [4.69, 9.17) is 5.11 Å². The maximum absolute atomic E-state index is 13.1. The number of hydrogen-bond acceptors (Lipinski definition) is 6. The number of thiazole rings is 1. The van der Waals surface area contributed by atoms with Crippen LogP contribution in [0.1, 0.15) is 74.7 Å². The molecule has 1 aliphatic heterocycles. The van der Waals surface area contributed by atoms with Gasteiger partial charge in [0.25, 0.3) is 5.91 Å². The van der Waals surface area contributed by atoms with Gasteiger partial charge in [0, 0.05) is 5.38 Å². The van der Waals surface area contributed by atoms with E-state index >= 15 is 0 Å². The summed E-state index contributed by atoms with van der Waals surface area (Å²) in [6.07, 6.45) is 9.59. The second-order valence-corrected chi connectivity index (χ2v) is 9.69. The van der Waals surface area contributed by atoms with E-state index in [2.05, 4.69) is 15.6 Å². The highest BCUT2D eigenvalue weighted by Crippen LogP contribution is 2.33. The first kappa shape index (κ1) is 21.7. The summed E-state index contributed by atoms with van der Waals surface area (Å²) >= 11 is 1.00. The van der Waals surface area contributed by atoms with Crippen LogP contribution in [-0.4, -0.2) is 50.9 Å². The first-order chi connectivity index (χ1) is 14.9. The Kier molecular flexibility index (Phi) is 6.54. The zero-order chi connectivity index (χ0) is 22.0. The van der Waals surface area contributed by atoms with Crippen molar-refractivity contribution in [3.05, 3.63) is 11.1 Å². The van der Waals surface area contributed by atoms with Gasteiger partial charge in [0.1, 0.15) is 12.1 Å². The molecule has 0 aromatic carbocycles. The molecule has 168 valence electrons. The smallest absolute Gasteiger partial charge is 0.355 e. The van der Waals surface area contributed by atoms with Gasteiger partial charge in [-0.05, 0) is 24.7 Å². The predicted octanol–water partition coefficient (Wildman–Crippen LogP) is 3.23. The highest BCUT2D eigenvalue weighted by atomic mass is 32.1. The molecule has 0 spiro atoms. The predicted molar refractivity (Wildman–Crippen MR) is 114 cm³/mol. The maximum atomic E-state index is 13.1. The van der Waals surface area contributed by atoms with Gasteiger partial charge in [0.05, 0.1) is 0 Å². The number of carboxylic acid groups (broad SMARTS) is 1. The molecule has 2 saturated carbocycles. The number of aromatic carboxylic acids is 1. The van der Waals surface area contributed by atoms with Gasteiger partial charge in [-0.1, -0.05) is 51.4 Å². The van der Waals surface area contributed by atoms with Gasteiger partial charge in [-0.15, -0.1) is 11.3 Å². The highest BCUT2D eigenvalue weighted by molar-refractivity contribution is 7.14. The summed E-state index contributed by atoms with van der Waals surface area (Å²) in [4.78, 5) is 55.1. The van der Waals surface area contributed by atoms with Crippen LogP contribution >= 0.6 is 11.3 Å². The Hall–Kier alpha value is -2.49. The van der Waals surface area contributed by atoms with Crippen LogP contribution in [0.2, 0.25) is 0 Å². The summed E-state index contributed by atoms with van der Waals surface area (Å²) in [7, 11) is 0. The van der Waals surface area contributed by atoms with Crippen molar-refractivity contribution in [2.45, 2.75) is 76.3 Å². The minimum absolute atomic E-state index is 0.147. The fourth-order valence-corrected chi connectivity index (χ4v) is 5.78. The molecule has 9 nitrogen and oxygen atoms in total. The average molecular weight is 449 g/mol. The van der Waals surface area contributed by atoms with Crippen LogP contribution in [0.4, 0.5) is 9.93 Å². The summed E-state index contributed by atoms with van der Waals surface area (Å²) in [5, 5.41) is 16.0. The number of anilines is 1. The molecular weight excluding hydrogens is 420 g/mol. The van der Waals surface area contributed by atoms with Crippen LogP contribution in [0.15, 0.2) is 5.38 Å². The van der Waals surface area contributed by atoms with Gasteiger partial charge in [-0.3, -0.25) is 9.59 Å². The molecule has 3 N–H and O–H groups in total. The Bertz CT molecular complexity index is 860. The number of aromatic nitrogens is 1. The molecule has 1 aromatic heterocycles. The molecule has 3 fully saturated rings. The zero-order valence-electron chi connectivity index (χ0n) is 17.3. The van der Waals surface area contributed by atoms with Gasteiger partial charge in [-0.25, -0.2) is 19.5 Å². The lowest BCUT2D eigenvalue weighted by Crippen LogP contribution is -2.48. The normalized spacial score (nSPS) is 23.4. The molecule has 0 radical (unpaired) electrons. The Morgan fingerprint density at radius 2 is 1.81 bits per heavy atom. The summed E-state index contributed by atoms with van der Waals surface area (Å²) in [6.45, 7) is 0. The molecule has 2 aliphatic carbocycles. The largest absolute Gasteiger partial charge is 0.476 e. The molecular formula is C21H28N4O5S. The van der Waals surface area contributed by atoms with E-state index in [9.17, 15) is 19.2 Å². The van der Waals surface area contributed by atoms with Crippen LogP contribution in [0.3, 0.4) is 0 Å². The molecule has 1 aromatic rings. The number of urea groups is 1. The lowest BCUT2D eigenvalue weighted by molar-refractivity contribution is -0.134. The molecule has 0 unspecified atom stereocenters. The van der Waals surface area contributed by atoms with Crippen LogP contribution in [0.25, 0.3) is 0 Å². The van der Waals surface area contributed by atoms with E-state index in [1.54, 1.807) is 0 Å². The van der Waals surface area contributed by atoms with Gasteiger partial charge >= 0.3 is 12.0 Å². The van der Waals surface area contributed by atoms with E-state index in [1.807, 2.05) is 0 Å². The number of nitrogens with one attached hydrogen (secondary N) is 2. The van der Waals surface area contributed by atoms with Crippen molar-refractivity contribution in [1.82, 2.24) is 15.2 Å². The van der Waals surface area contributed by atoms with Crippen molar-refractivity contribution in [3.8, 4) is 0 Å². The quantitative estimate of drug-likeness (QED) is 0.524. The number of imide groups is 1. The van der Waals surface area contributed by atoms with Crippen LogP contribution in [-0.2, 0) is 9.59 Å². The fraction of sp³-hybridized carbons (Fsp3) is 0.667. The second-order valence-electron chi connectivity index (χ2n) is 8.83.